The number of benzene rings is 1. The van der Waals surface area contributed by atoms with Crippen LogP contribution in [0.3, 0.4) is 0 Å². The van der Waals surface area contributed by atoms with E-state index in [1.807, 2.05) is 6.20 Å². The molecule has 0 fully saturated rings. The normalized spacial score (nSPS) is 12.5. The number of aromatic amines is 1. The molecular weight excluding hydrogens is 259 g/mol. The van der Waals surface area contributed by atoms with Gasteiger partial charge in [0.1, 0.15) is 11.9 Å². The van der Waals surface area contributed by atoms with Crippen LogP contribution in [0.25, 0.3) is 10.9 Å². The van der Waals surface area contributed by atoms with Crippen LogP contribution in [-0.4, -0.2) is 17.2 Å². The number of unbranched alkanes of at least 4 members (excludes halogenated alkanes) is 1. The zero-order chi connectivity index (χ0) is 14.5. The number of nitrogens with two attached hydrogens (primary N) is 1. The standard InChI is InChI=1S/C15H19FN2O2/c1-2-3-4-12(20-15(17)19)7-10-9-18-14-6-5-11(16)8-13(10)14/h5-6,8-9,12,18H,2-4,7H2,1H3,(H2,17,19). The van der Waals surface area contributed by atoms with Gasteiger partial charge in [-0.2, -0.15) is 0 Å². The smallest absolute Gasteiger partial charge is 0.404 e. The van der Waals surface area contributed by atoms with Crippen LogP contribution in [0.2, 0.25) is 0 Å². The summed E-state index contributed by atoms with van der Waals surface area (Å²) >= 11 is 0. The van der Waals surface area contributed by atoms with Gasteiger partial charge in [-0.25, -0.2) is 9.18 Å². The average Bonchev–Trinajstić information content (AvgIpc) is 2.78. The number of ether oxygens (including phenoxy) is 1. The highest BCUT2D eigenvalue weighted by atomic mass is 19.1. The van der Waals surface area contributed by atoms with Crippen molar-refractivity contribution in [3.8, 4) is 0 Å². The van der Waals surface area contributed by atoms with Crippen molar-refractivity contribution in [2.24, 2.45) is 5.73 Å². The van der Waals surface area contributed by atoms with E-state index in [0.717, 1.165) is 35.7 Å². The third-order valence-corrected chi connectivity index (χ3v) is 3.34. The molecule has 0 saturated carbocycles. The van der Waals surface area contributed by atoms with E-state index in [4.69, 9.17) is 10.5 Å². The van der Waals surface area contributed by atoms with Crippen molar-refractivity contribution < 1.29 is 13.9 Å². The van der Waals surface area contributed by atoms with Crippen LogP contribution in [0, 0.1) is 5.82 Å². The Bertz CT molecular complexity index is 595. The Hall–Kier alpha value is -2.04. The van der Waals surface area contributed by atoms with E-state index in [1.165, 1.54) is 12.1 Å². The van der Waals surface area contributed by atoms with Crippen LogP contribution in [0.5, 0.6) is 0 Å². The highest BCUT2D eigenvalue weighted by Gasteiger charge is 2.15. The fourth-order valence-corrected chi connectivity index (χ4v) is 2.36. The lowest BCUT2D eigenvalue weighted by atomic mass is 10.0. The Morgan fingerprint density at radius 1 is 1.50 bits per heavy atom. The molecule has 0 radical (unpaired) electrons. The zero-order valence-electron chi connectivity index (χ0n) is 11.5. The molecule has 0 aliphatic heterocycles. The van der Waals surface area contributed by atoms with Gasteiger partial charge in [0.05, 0.1) is 0 Å². The third-order valence-electron chi connectivity index (χ3n) is 3.34. The van der Waals surface area contributed by atoms with Crippen LogP contribution in [0.1, 0.15) is 31.7 Å². The molecule has 5 heteroatoms. The monoisotopic (exact) mass is 278 g/mol. The molecule has 108 valence electrons. The second-order valence-electron chi connectivity index (χ2n) is 4.91. The molecule has 0 spiro atoms. The van der Waals surface area contributed by atoms with Crippen molar-refractivity contribution in [3.05, 3.63) is 35.8 Å². The summed E-state index contributed by atoms with van der Waals surface area (Å²) in [6.45, 7) is 2.07. The summed E-state index contributed by atoms with van der Waals surface area (Å²) in [6.07, 6.45) is 4.05. The first kappa shape index (κ1) is 14.4. The van der Waals surface area contributed by atoms with Crippen LogP contribution >= 0.6 is 0 Å². The highest BCUT2D eigenvalue weighted by Crippen LogP contribution is 2.22. The van der Waals surface area contributed by atoms with Gasteiger partial charge in [0.25, 0.3) is 0 Å². The SMILES string of the molecule is CCCCC(Cc1c[nH]c2ccc(F)cc12)OC(N)=O. The van der Waals surface area contributed by atoms with E-state index in [1.54, 1.807) is 6.07 Å². The number of amides is 1. The summed E-state index contributed by atoms with van der Waals surface area (Å²) in [5, 5.41) is 0.819. The number of carbonyl (C=O) groups excluding carboxylic acids is 1. The summed E-state index contributed by atoms with van der Waals surface area (Å²) in [5.41, 5.74) is 6.90. The number of nitrogens with one attached hydrogen (secondary N) is 1. The van der Waals surface area contributed by atoms with Gasteiger partial charge in [-0.3, -0.25) is 0 Å². The second-order valence-corrected chi connectivity index (χ2v) is 4.91. The summed E-state index contributed by atoms with van der Waals surface area (Å²) in [5.74, 6) is -0.278. The van der Waals surface area contributed by atoms with Crippen LogP contribution in [-0.2, 0) is 11.2 Å². The Kier molecular flexibility index (Phi) is 4.61. The number of H-pyrrole nitrogens is 1. The van der Waals surface area contributed by atoms with E-state index < -0.39 is 6.09 Å². The molecule has 1 aromatic carbocycles. The number of aromatic nitrogens is 1. The third kappa shape index (κ3) is 3.50. The first-order valence-electron chi connectivity index (χ1n) is 6.81. The molecule has 1 aromatic heterocycles. The first-order valence-corrected chi connectivity index (χ1v) is 6.81. The van der Waals surface area contributed by atoms with Gasteiger partial charge in [0.15, 0.2) is 0 Å². The summed E-state index contributed by atoms with van der Waals surface area (Å²) in [6, 6.07) is 4.60. The molecule has 1 unspecified atom stereocenters. The van der Waals surface area contributed by atoms with Crippen LogP contribution < -0.4 is 5.73 Å². The predicted molar refractivity (Wildman–Crippen MR) is 75.9 cm³/mol. The van der Waals surface area contributed by atoms with Gasteiger partial charge >= 0.3 is 6.09 Å². The zero-order valence-corrected chi connectivity index (χ0v) is 11.5. The number of carbonyl (C=O) groups is 1. The largest absolute Gasteiger partial charge is 0.446 e. The second kappa shape index (κ2) is 6.41. The van der Waals surface area contributed by atoms with Gasteiger partial charge in [-0.1, -0.05) is 19.8 Å². The first-order chi connectivity index (χ1) is 9.60. The number of hydrogen-bond acceptors (Lipinski definition) is 2. The maximum Gasteiger partial charge on any atom is 0.404 e. The number of rotatable bonds is 6. The minimum Gasteiger partial charge on any atom is -0.446 e. The maximum absolute atomic E-state index is 13.3. The molecule has 3 N–H and O–H groups in total. The van der Waals surface area contributed by atoms with Crippen molar-refractivity contribution in [1.82, 2.24) is 4.98 Å². The number of halogens is 1. The predicted octanol–water partition coefficient (Wildman–Crippen LogP) is 3.50. The molecule has 20 heavy (non-hydrogen) atoms. The molecule has 0 saturated heterocycles. The van der Waals surface area contributed by atoms with Crippen LogP contribution in [0.4, 0.5) is 9.18 Å². The minimum absolute atomic E-state index is 0.269. The molecule has 0 aliphatic rings. The van der Waals surface area contributed by atoms with Gasteiger partial charge in [0, 0.05) is 23.5 Å². The molecule has 0 bridgehead atoms. The lowest BCUT2D eigenvalue weighted by Gasteiger charge is -2.15. The summed E-state index contributed by atoms with van der Waals surface area (Å²) < 4.78 is 18.5. The Balaban J connectivity index is 2.18. The van der Waals surface area contributed by atoms with Crippen molar-refractivity contribution in [3.63, 3.8) is 0 Å². The number of primary amides is 1. The molecule has 1 heterocycles. The van der Waals surface area contributed by atoms with Gasteiger partial charge < -0.3 is 15.5 Å². The van der Waals surface area contributed by atoms with Crippen molar-refractivity contribution >= 4 is 17.0 Å². The van der Waals surface area contributed by atoms with E-state index >= 15 is 0 Å². The molecule has 2 rings (SSSR count). The molecule has 1 atom stereocenters. The molecule has 4 nitrogen and oxygen atoms in total. The van der Waals surface area contributed by atoms with Crippen molar-refractivity contribution in [2.45, 2.75) is 38.7 Å². The van der Waals surface area contributed by atoms with Crippen LogP contribution in [0.15, 0.2) is 24.4 Å². The topological polar surface area (TPSA) is 68.1 Å². The van der Waals surface area contributed by atoms with E-state index in [2.05, 4.69) is 11.9 Å². The molecule has 1 amide bonds. The summed E-state index contributed by atoms with van der Waals surface area (Å²) in [4.78, 5) is 14.0. The average molecular weight is 278 g/mol. The fraction of sp³-hybridized carbons (Fsp3) is 0.400. The van der Waals surface area contributed by atoms with E-state index in [-0.39, 0.29) is 11.9 Å². The highest BCUT2D eigenvalue weighted by molar-refractivity contribution is 5.83. The van der Waals surface area contributed by atoms with Crippen molar-refractivity contribution in [2.75, 3.05) is 0 Å². The van der Waals surface area contributed by atoms with E-state index in [0.29, 0.717) is 6.42 Å². The number of fused-ring (bicyclic) bond motifs is 1. The molecular formula is C15H19FN2O2. The Labute approximate surface area is 117 Å². The lowest BCUT2D eigenvalue weighted by molar-refractivity contribution is 0.0999. The quantitative estimate of drug-likeness (QED) is 0.849. The van der Waals surface area contributed by atoms with Gasteiger partial charge in [-0.05, 0) is 30.2 Å². The molecule has 0 aliphatic carbocycles. The van der Waals surface area contributed by atoms with E-state index in [9.17, 15) is 9.18 Å². The number of hydrogen-bond donors (Lipinski definition) is 2. The summed E-state index contributed by atoms with van der Waals surface area (Å²) in [7, 11) is 0. The minimum atomic E-state index is -0.767. The van der Waals surface area contributed by atoms with Crippen molar-refractivity contribution in [1.29, 1.82) is 0 Å². The Morgan fingerprint density at radius 3 is 3.00 bits per heavy atom. The van der Waals surface area contributed by atoms with Gasteiger partial charge in [-0.15, -0.1) is 0 Å². The maximum atomic E-state index is 13.3. The Morgan fingerprint density at radius 2 is 2.30 bits per heavy atom. The molecule has 2 aromatic rings. The lowest BCUT2D eigenvalue weighted by Crippen LogP contribution is -2.24. The van der Waals surface area contributed by atoms with Gasteiger partial charge in [0.2, 0.25) is 0 Å². The fourth-order valence-electron chi connectivity index (χ4n) is 2.36.